The van der Waals surface area contributed by atoms with Crippen molar-refractivity contribution in [3.8, 4) is 11.1 Å². The standard InChI is InChI=1S/C23H24N4O3/c28-21(26-10-12-27(13-11-26)22(29)23(30)8-1-9-23)17-4-2-16(3-5-17)18-6-7-19-20(14-18)25-15-24-19/h2-7,14,30H,1,8-13,15H2. The second kappa shape index (κ2) is 7.32. The maximum Gasteiger partial charge on any atom is 0.254 e. The second-order valence-electron chi connectivity index (χ2n) is 8.21. The molecule has 2 aromatic carbocycles. The van der Waals surface area contributed by atoms with Crippen LogP contribution in [0, 0.1) is 0 Å². The normalized spacial score (nSPS) is 19.4. The van der Waals surface area contributed by atoms with E-state index in [4.69, 9.17) is 0 Å². The van der Waals surface area contributed by atoms with E-state index in [1.54, 1.807) is 9.80 Å². The van der Waals surface area contributed by atoms with Crippen LogP contribution in [0.4, 0.5) is 0 Å². The van der Waals surface area contributed by atoms with Crippen LogP contribution in [0.25, 0.3) is 11.1 Å². The molecule has 0 bridgehead atoms. The van der Waals surface area contributed by atoms with Crippen LogP contribution >= 0.6 is 0 Å². The summed E-state index contributed by atoms with van der Waals surface area (Å²) in [7, 11) is 0. The van der Waals surface area contributed by atoms with Crippen molar-refractivity contribution in [3.05, 3.63) is 58.7 Å². The maximum atomic E-state index is 12.9. The van der Waals surface area contributed by atoms with Gasteiger partial charge in [-0.05, 0) is 54.7 Å². The molecule has 1 saturated heterocycles. The van der Waals surface area contributed by atoms with Gasteiger partial charge in [-0.15, -0.1) is 0 Å². The molecule has 7 heteroatoms. The molecule has 154 valence electrons. The monoisotopic (exact) mass is 404 g/mol. The van der Waals surface area contributed by atoms with Gasteiger partial charge in [-0.25, -0.2) is 0 Å². The van der Waals surface area contributed by atoms with Crippen LogP contribution < -0.4 is 10.7 Å². The molecular formula is C23H24N4O3. The van der Waals surface area contributed by atoms with E-state index < -0.39 is 5.60 Å². The molecule has 2 fully saturated rings. The third-order valence-corrected chi connectivity index (χ3v) is 6.36. The number of hydrogen-bond donors (Lipinski definition) is 1. The molecule has 7 nitrogen and oxygen atoms in total. The van der Waals surface area contributed by atoms with E-state index in [0.717, 1.165) is 28.3 Å². The van der Waals surface area contributed by atoms with Gasteiger partial charge in [0.2, 0.25) is 0 Å². The average Bonchev–Trinajstić information content (AvgIpc) is 3.24. The first kappa shape index (κ1) is 18.9. The number of carbonyl (C=O) groups excluding carboxylic acids is 2. The van der Waals surface area contributed by atoms with Crippen molar-refractivity contribution in [2.75, 3.05) is 32.8 Å². The minimum absolute atomic E-state index is 0.0289. The van der Waals surface area contributed by atoms with Crippen LogP contribution in [0.3, 0.4) is 0 Å². The lowest BCUT2D eigenvalue weighted by molar-refractivity contribution is -0.161. The number of rotatable bonds is 3. The van der Waals surface area contributed by atoms with Crippen molar-refractivity contribution in [3.63, 3.8) is 0 Å². The van der Waals surface area contributed by atoms with Crippen molar-refractivity contribution >= 4 is 11.8 Å². The number of piperazine rings is 1. The zero-order valence-electron chi connectivity index (χ0n) is 16.8. The number of aliphatic hydroxyl groups is 1. The summed E-state index contributed by atoms with van der Waals surface area (Å²) in [5.74, 6) is -0.210. The molecule has 2 aliphatic heterocycles. The van der Waals surface area contributed by atoms with Gasteiger partial charge in [0.1, 0.15) is 12.3 Å². The summed E-state index contributed by atoms with van der Waals surface area (Å²) in [6, 6.07) is 13.6. The lowest BCUT2D eigenvalue weighted by atomic mass is 9.79. The quantitative estimate of drug-likeness (QED) is 0.820. The second-order valence-corrected chi connectivity index (χ2v) is 8.21. The SMILES string of the molecule is O=C(c1ccc(-c2ccc3c(c2)=NCN=3)cc1)N1CCN(C(=O)C2(O)CCC2)CC1. The van der Waals surface area contributed by atoms with Gasteiger partial charge < -0.3 is 14.9 Å². The van der Waals surface area contributed by atoms with E-state index in [9.17, 15) is 14.7 Å². The number of hydrogen-bond acceptors (Lipinski definition) is 5. The summed E-state index contributed by atoms with van der Waals surface area (Å²) in [6.45, 7) is 2.39. The highest BCUT2D eigenvalue weighted by molar-refractivity contribution is 5.95. The van der Waals surface area contributed by atoms with Gasteiger partial charge in [0, 0.05) is 31.7 Å². The third kappa shape index (κ3) is 3.29. The molecule has 0 radical (unpaired) electrons. The van der Waals surface area contributed by atoms with E-state index in [2.05, 4.69) is 9.98 Å². The van der Waals surface area contributed by atoms with Gasteiger partial charge in [-0.1, -0.05) is 18.2 Å². The third-order valence-electron chi connectivity index (χ3n) is 6.36. The first-order valence-corrected chi connectivity index (χ1v) is 10.4. The summed E-state index contributed by atoms with van der Waals surface area (Å²) >= 11 is 0. The summed E-state index contributed by atoms with van der Waals surface area (Å²) in [6.07, 6.45) is 1.99. The Balaban J connectivity index is 1.24. The van der Waals surface area contributed by atoms with Gasteiger partial charge in [0.25, 0.3) is 11.8 Å². The highest BCUT2D eigenvalue weighted by atomic mass is 16.3. The molecule has 2 heterocycles. The first-order valence-electron chi connectivity index (χ1n) is 10.4. The highest BCUT2D eigenvalue weighted by Crippen LogP contribution is 2.33. The first-order chi connectivity index (χ1) is 14.5. The summed E-state index contributed by atoms with van der Waals surface area (Å²) in [5.41, 5.74) is 1.55. The summed E-state index contributed by atoms with van der Waals surface area (Å²) in [4.78, 5) is 37.5. The van der Waals surface area contributed by atoms with E-state index in [1.807, 2.05) is 42.5 Å². The minimum atomic E-state index is -1.17. The fourth-order valence-electron chi connectivity index (χ4n) is 4.27. The molecular weight excluding hydrogens is 380 g/mol. The van der Waals surface area contributed by atoms with Gasteiger partial charge in [0.05, 0.1) is 10.7 Å². The fraction of sp³-hybridized carbons (Fsp3) is 0.391. The Labute approximate surface area is 174 Å². The van der Waals surface area contributed by atoms with E-state index in [0.29, 0.717) is 51.3 Å². The van der Waals surface area contributed by atoms with Crippen molar-refractivity contribution in [1.82, 2.24) is 9.80 Å². The van der Waals surface area contributed by atoms with E-state index >= 15 is 0 Å². The van der Waals surface area contributed by atoms with Crippen molar-refractivity contribution in [2.45, 2.75) is 24.9 Å². The molecule has 0 spiro atoms. The van der Waals surface area contributed by atoms with Crippen molar-refractivity contribution in [1.29, 1.82) is 0 Å². The Morgan fingerprint density at radius 3 is 2.13 bits per heavy atom. The summed E-state index contributed by atoms with van der Waals surface area (Å²) < 4.78 is 0. The van der Waals surface area contributed by atoms with Crippen LogP contribution in [0.5, 0.6) is 0 Å². The van der Waals surface area contributed by atoms with Gasteiger partial charge >= 0.3 is 0 Å². The molecule has 0 atom stereocenters. The zero-order chi connectivity index (χ0) is 20.7. The zero-order valence-corrected chi connectivity index (χ0v) is 16.8. The molecule has 2 amide bonds. The lowest BCUT2D eigenvalue weighted by Crippen LogP contribution is -2.58. The molecule has 1 N–H and O–H groups in total. The van der Waals surface area contributed by atoms with Crippen molar-refractivity contribution < 1.29 is 14.7 Å². The molecule has 2 aromatic rings. The molecule has 3 aliphatic rings. The molecule has 0 aromatic heterocycles. The smallest absolute Gasteiger partial charge is 0.254 e. The number of nitrogens with zero attached hydrogens (tertiary/aromatic N) is 4. The molecule has 1 saturated carbocycles. The van der Waals surface area contributed by atoms with Gasteiger partial charge in [0.15, 0.2) is 0 Å². The molecule has 5 rings (SSSR count). The molecule has 1 aliphatic carbocycles. The largest absolute Gasteiger partial charge is 0.380 e. The van der Waals surface area contributed by atoms with Crippen LogP contribution in [0.1, 0.15) is 29.6 Å². The lowest BCUT2D eigenvalue weighted by Gasteiger charge is -2.42. The van der Waals surface area contributed by atoms with Crippen LogP contribution in [0.2, 0.25) is 0 Å². The predicted octanol–water partition coefficient (Wildman–Crippen LogP) is 0.763. The Kier molecular flexibility index (Phi) is 4.62. The predicted molar refractivity (Wildman–Crippen MR) is 110 cm³/mol. The number of carbonyl (C=O) groups is 2. The van der Waals surface area contributed by atoms with Crippen LogP contribution in [0.15, 0.2) is 52.4 Å². The Hall–Kier alpha value is -3.06. The number of amides is 2. The van der Waals surface area contributed by atoms with Gasteiger partial charge in [-0.2, -0.15) is 0 Å². The topological polar surface area (TPSA) is 85.6 Å². The average molecular weight is 404 g/mol. The van der Waals surface area contributed by atoms with E-state index in [1.165, 1.54) is 0 Å². The highest BCUT2D eigenvalue weighted by Gasteiger charge is 2.45. The van der Waals surface area contributed by atoms with Crippen LogP contribution in [-0.2, 0) is 4.79 Å². The van der Waals surface area contributed by atoms with Gasteiger partial charge in [-0.3, -0.25) is 19.6 Å². The van der Waals surface area contributed by atoms with E-state index in [-0.39, 0.29) is 11.8 Å². The van der Waals surface area contributed by atoms with Crippen molar-refractivity contribution in [2.24, 2.45) is 9.98 Å². The Morgan fingerprint density at radius 2 is 1.47 bits per heavy atom. The summed E-state index contributed by atoms with van der Waals surface area (Å²) in [5, 5.41) is 12.1. The van der Waals surface area contributed by atoms with Crippen LogP contribution in [-0.4, -0.2) is 65.2 Å². The molecule has 30 heavy (non-hydrogen) atoms. The number of benzene rings is 2. The minimum Gasteiger partial charge on any atom is -0.380 e. The Bertz CT molecular complexity index is 1110. The fourth-order valence-corrected chi connectivity index (χ4v) is 4.27. The maximum absolute atomic E-state index is 12.9. The molecule has 0 unspecified atom stereocenters. The number of fused-ring (bicyclic) bond motifs is 1. The Morgan fingerprint density at radius 1 is 0.833 bits per heavy atom.